The molecule has 0 aromatic heterocycles. The van der Waals surface area contributed by atoms with E-state index in [0.717, 1.165) is 0 Å². The molecule has 0 rings (SSSR count). The summed E-state index contributed by atoms with van der Waals surface area (Å²) in [6.07, 6.45) is 0. The smallest absolute Gasteiger partial charge is 0.328 e. The highest BCUT2D eigenvalue weighted by Crippen LogP contribution is 2.05. The number of methoxy groups -OCH3 is 1. The Morgan fingerprint density at radius 2 is 1.59 bits per heavy atom. The predicted octanol–water partition coefficient (Wildman–Crippen LogP) is 0.705. The number of carbonyl (C=O) groups is 2. The van der Waals surface area contributed by atoms with Crippen LogP contribution in [0.5, 0.6) is 0 Å². The maximum Gasteiger partial charge on any atom is 0.328 e. The van der Waals surface area contributed by atoms with Gasteiger partial charge in [-0.05, 0) is 11.8 Å². The van der Waals surface area contributed by atoms with Crippen molar-refractivity contribution in [2.45, 2.75) is 39.8 Å². The van der Waals surface area contributed by atoms with Crippen molar-refractivity contribution in [3.05, 3.63) is 0 Å². The van der Waals surface area contributed by atoms with Crippen LogP contribution >= 0.6 is 12.4 Å². The van der Waals surface area contributed by atoms with Gasteiger partial charge in [0.25, 0.3) is 0 Å². The van der Waals surface area contributed by atoms with Crippen LogP contribution < -0.4 is 11.1 Å². The Hall–Kier alpha value is -0.810. The second-order valence-electron chi connectivity index (χ2n) is 4.52. The minimum atomic E-state index is -0.637. The summed E-state index contributed by atoms with van der Waals surface area (Å²) in [4.78, 5) is 23.1. The summed E-state index contributed by atoms with van der Waals surface area (Å²) in [5.74, 6) is -0.764. The third-order valence-corrected chi connectivity index (χ3v) is 2.44. The minimum Gasteiger partial charge on any atom is -0.467 e. The summed E-state index contributed by atoms with van der Waals surface area (Å²) < 4.78 is 4.62. The molecular formula is C11H23ClN2O3. The SMILES string of the molecule is COC(=O)[C@@H](NC(=O)[C@@H](N)C(C)C)C(C)C.Cl. The van der Waals surface area contributed by atoms with Crippen molar-refractivity contribution in [1.29, 1.82) is 0 Å². The molecule has 0 spiro atoms. The van der Waals surface area contributed by atoms with E-state index in [9.17, 15) is 9.59 Å². The number of nitrogens with two attached hydrogens (primary N) is 1. The Morgan fingerprint density at radius 3 is 1.88 bits per heavy atom. The Kier molecular flexibility index (Phi) is 9.06. The topological polar surface area (TPSA) is 81.4 Å². The zero-order chi connectivity index (χ0) is 12.9. The van der Waals surface area contributed by atoms with Crippen LogP contribution in [0.3, 0.4) is 0 Å². The highest BCUT2D eigenvalue weighted by Gasteiger charge is 2.27. The van der Waals surface area contributed by atoms with Crippen LogP contribution in [0.2, 0.25) is 0 Å². The molecule has 1 amide bonds. The lowest BCUT2D eigenvalue weighted by atomic mass is 10.0. The molecule has 0 heterocycles. The molecule has 0 aromatic carbocycles. The fourth-order valence-electron chi connectivity index (χ4n) is 1.18. The Balaban J connectivity index is 0. The Labute approximate surface area is 109 Å². The normalized spacial score (nSPS) is 13.9. The van der Waals surface area contributed by atoms with Gasteiger partial charge >= 0.3 is 5.97 Å². The second-order valence-corrected chi connectivity index (χ2v) is 4.52. The Bertz CT molecular complexity index is 257. The lowest BCUT2D eigenvalue weighted by Gasteiger charge is -2.23. The molecule has 5 nitrogen and oxygen atoms in total. The van der Waals surface area contributed by atoms with Crippen LogP contribution in [0, 0.1) is 11.8 Å². The Morgan fingerprint density at radius 1 is 1.12 bits per heavy atom. The van der Waals surface area contributed by atoms with E-state index in [1.165, 1.54) is 7.11 Å². The lowest BCUT2D eigenvalue weighted by molar-refractivity contribution is -0.146. The molecule has 3 N–H and O–H groups in total. The fraction of sp³-hybridized carbons (Fsp3) is 0.818. The summed E-state index contributed by atoms with van der Waals surface area (Å²) in [6.45, 7) is 7.38. The number of carbonyl (C=O) groups excluding carboxylic acids is 2. The summed E-state index contributed by atoms with van der Waals surface area (Å²) in [5.41, 5.74) is 5.69. The number of hydrogen-bond acceptors (Lipinski definition) is 4. The van der Waals surface area contributed by atoms with Crippen LogP contribution in [0.1, 0.15) is 27.7 Å². The summed E-state index contributed by atoms with van der Waals surface area (Å²) in [7, 11) is 1.30. The van der Waals surface area contributed by atoms with Gasteiger partial charge in [-0.15, -0.1) is 12.4 Å². The summed E-state index contributed by atoms with van der Waals surface area (Å²) >= 11 is 0. The maximum atomic E-state index is 11.7. The van der Waals surface area contributed by atoms with Crippen molar-refractivity contribution < 1.29 is 14.3 Å². The van der Waals surface area contributed by atoms with E-state index in [1.54, 1.807) is 0 Å². The van der Waals surface area contributed by atoms with Crippen LogP contribution in [-0.4, -0.2) is 31.1 Å². The molecule has 0 saturated carbocycles. The predicted molar refractivity (Wildman–Crippen MR) is 68.8 cm³/mol. The standard InChI is InChI=1S/C11H22N2O3.ClH/c1-6(2)8(12)10(14)13-9(7(3)4)11(15)16-5;/h6-9H,12H2,1-5H3,(H,13,14);1H/t8-,9-;/m0./s1. The number of esters is 1. The minimum absolute atomic E-state index is 0. The molecule has 0 saturated heterocycles. The molecule has 0 aliphatic rings. The number of ether oxygens (including phenoxy) is 1. The van der Waals surface area contributed by atoms with Gasteiger partial charge in [-0.25, -0.2) is 4.79 Å². The van der Waals surface area contributed by atoms with Crippen molar-refractivity contribution >= 4 is 24.3 Å². The first-order chi connectivity index (χ1) is 7.31. The number of nitrogens with one attached hydrogen (secondary N) is 1. The molecule has 2 atom stereocenters. The number of hydrogen-bond donors (Lipinski definition) is 2. The van der Waals surface area contributed by atoms with Crippen LogP contribution in [0.4, 0.5) is 0 Å². The monoisotopic (exact) mass is 266 g/mol. The summed E-state index contributed by atoms with van der Waals surface area (Å²) in [5, 5.41) is 2.61. The number of rotatable bonds is 5. The number of halogens is 1. The maximum absolute atomic E-state index is 11.7. The third kappa shape index (κ3) is 5.89. The van der Waals surface area contributed by atoms with E-state index in [4.69, 9.17) is 5.73 Å². The van der Waals surface area contributed by atoms with Gasteiger partial charge in [-0.1, -0.05) is 27.7 Å². The van der Waals surface area contributed by atoms with Gasteiger partial charge in [-0.2, -0.15) is 0 Å². The highest BCUT2D eigenvalue weighted by atomic mass is 35.5. The van der Waals surface area contributed by atoms with E-state index in [0.29, 0.717) is 0 Å². The molecule has 0 unspecified atom stereocenters. The zero-order valence-electron chi connectivity index (χ0n) is 11.0. The van der Waals surface area contributed by atoms with Crippen molar-refractivity contribution in [3.8, 4) is 0 Å². The lowest BCUT2D eigenvalue weighted by Crippen LogP contribution is -2.52. The molecule has 102 valence electrons. The molecule has 17 heavy (non-hydrogen) atoms. The number of amides is 1. The van der Waals surface area contributed by atoms with Crippen molar-refractivity contribution in [1.82, 2.24) is 5.32 Å². The van der Waals surface area contributed by atoms with Gasteiger partial charge < -0.3 is 15.8 Å². The second kappa shape index (κ2) is 8.31. The quantitative estimate of drug-likeness (QED) is 0.718. The molecular weight excluding hydrogens is 244 g/mol. The average molecular weight is 267 g/mol. The fourth-order valence-corrected chi connectivity index (χ4v) is 1.18. The average Bonchev–Trinajstić information content (AvgIpc) is 2.22. The molecule has 0 bridgehead atoms. The largest absolute Gasteiger partial charge is 0.467 e. The third-order valence-electron chi connectivity index (χ3n) is 2.44. The first-order valence-corrected chi connectivity index (χ1v) is 5.45. The van der Waals surface area contributed by atoms with Gasteiger partial charge in [0, 0.05) is 0 Å². The van der Waals surface area contributed by atoms with Crippen LogP contribution in [0.25, 0.3) is 0 Å². The van der Waals surface area contributed by atoms with E-state index in [-0.39, 0.29) is 30.2 Å². The van der Waals surface area contributed by atoms with Crippen LogP contribution in [-0.2, 0) is 14.3 Å². The molecule has 0 aliphatic carbocycles. The van der Waals surface area contributed by atoms with E-state index >= 15 is 0 Å². The van der Waals surface area contributed by atoms with Gasteiger partial charge in [0.05, 0.1) is 13.2 Å². The van der Waals surface area contributed by atoms with E-state index < -0.39 is 18.1 Å². The van der Waals surface area contributed by atoms with Gasteiger partial charge in [0.1, 0.15) is 6.04 Å². The van der Waals surface area contributed by atoms with Crippen molar-refractivity contribution in [2.24, 2.45) is 17.6 Å². The molecule has 0 aliphatic heterocycles. The van der Waals surface area contributed by atoms with Crippen molar-refractivity contribution in [2.75, 3.05) is 7.11 Å². The van der Waals surface area contributed by atoms with Gasteiger partial charge in [0.2, 0.25) is 5.91 Å². The van der Waals surface area contributed by atoms with Gasteiger partial charge in [-0.3, -0.25) is 4.79 Å². The van der Waals surface area contributed by atoms with E-state index in [2.05, 4.69) is 10.1 Å². The molecule has 0 fully saturated rings. The zero-order valence-corrected chi connectivity index (χ0v) is 11.8. The molecule has 6 heteroatoms. The summed E-state index contributed by atoms with van der Waals surface area (Å²) in [6, 6.07) is -1.24. The van der Waals surface area contributed by atoms with Crippen LogP contribution in [0.15, 0.2) is 0 Å². The molecule has 0 radical (unpaired) electrons. The highest BCUT2D eigenvalue weighted by molar-refractivity contribution is 5.87. The first kappa shape index (κ1) is 18.6. The van der Waals surface area contributed by atoms with Crippen molar-refractivity contribution in [3.63, 3.8) is 0 Å². The van der Waals surface area contributed by atoms with E-state index in [1.807, 2.05) is 27.7 Å². The van der Waals surface area contributed by atoms with Gasteiger partial charge in [0.15, 0.2) is 0 Å². The molecule has 0 aromatic rings. The first-order valence-electron chi connectivity index (χ1n) is 5.45.